The minimum Gasteiger partial charge on any atom is -0.481 e. The number of carboxylic acids is 1. The number of fused-ring (bicyclic) bond motifs is 1. The number of aliphatic carboxylic acids is 1. The second-order valence-corrected chi connectivity index (χ2v) is 4.98. The van der Waals surface area contributed by atoms with E-state index in [1.165, 1.54) is 11.5 Å². The zero-order valence-electron chi connectivity index (χ0n) is 9.18. The molecule has 0 saturated carbocycles. The quantitative estimate of drug-likeness (QED) is 0.889. The molecule has 1 aromatic carbocycles. The van der Waals surface area contributed by atoms with Crippen LogP contribution in [0.5, 0.6) is 0 Å². The maximum atomic E-state index is 11.3. The van der Waals surface area contributed by atoms with Gasteiger partial charge in [-0.15, -0.1) is 0 Å². The van der Waals surface area contributed by atoms with E-state index in [1.54, 1.807) is 6.20 Å². The van der Waals surface area contributed by atoms with E-state index in [4.69, 9.17) is 0 Å². The fourth-order valence-electron chi connectivity index (χ4n) is 1.96. The van der Waals surface area contributed by atoms with Crippen molar-refractivity contribution in [2.45, 2.75) is 19.8 Å². The number of hydrogen-bond donors (Lipinski definition) is 1. The van der Waals surface area contributed by atoms with Crippen molar-refractivity contribution in [3.8, 4) is 0 Å². The van der Waals surface area contributed by atoms with Crippen LogP contribution in [0.4, 0.5) is 0 Å². The van der Waals surface area contributed by atoms with Crippen molar-refractivity contribution in [3.63, 3.8) is 0 Å². The van der Waals surface area contributed by atoms with Crippen LogP contribution in [0.1, 0.15) is 25.3 Å². The van der Waals surface area contributed by atoms with Gasteiger partial charge in [0.05, 0.1) is 10.6 Å². The smallest absolute Gasteiger partial charge is 0.311 e. The summed E-state index contributed by atoms with van der Waals surface area (Å²) in [6, 6.07) is 5.75. The Morgan fingerprint density at radius 1 is 1.44 bits per heavy atom. The van der Waals surface area contributed by atoms with Gasteiger partial charge in [-0.3, -0.25) is 4.79 Å². The second-order valence-electron chi connectivity index (χ2n) is 4.14. The van der Waals surface area contributed by atoms with Crippen LogP contribution in [0.2, 0.25) is 0 Å². The van der Waals surface area contributed by atoms with Crippen LogP contribution in [-0.2, 0) is 4.79 Å². The Labute approximate surface area is 97.9 Å². The maximum Gasteiger partial charge on any atom is 0.311 e. The van der Waals surface area contributed by atoms with Crippen molar-refractivity contribution in [1.82, 2.24) is 4.37 Å². The summed E-state index contributed by atoms with van der Waals surface area (Å²) in [5.41, 5.74) is 0.869. The van der Waals surface area contributed by atoms with Gasteiger partial charge in [0, 0.05) is 11.6 Å². The van der Waals surface area contributed by atoms with Crippen LogP contribution < -0.4 is 0 Å². The molecule has 4 heteroatoms. The molecule has 0 bridgehead atoms. The first-order chi connectivity index (χ1) is 7.61. The Morgan fingerprint density at radius 3 is 2.81 bits per heavy atom. The van der Waals surface area contributed by atoms with Crippen molar-refractivity contribution in [2.75, 3.05) is 0 Å². The van der Waals surface area contributed by atoms with E-state index < -0.39 is 11.9 Å². The zero-order chi connectivity index (χ0) is 11.7. The highest BCUT2D eigenvalue weighted by Gasteiger charge is 2.25. The molecule has 1 atom stereocenters. The largest absolute Gasteiger partial charge is 0.481 e. The maximum absolute atomic E-state index is 11.3. The lowest BCUT2D eigenvalue weighted by Gasteiger charge is -2.17. The second kappa shape index (κ2) is 4.22. The van der Waals surface area contributed by atoms with Crippen molar-refractivity contribution in [1.29, 1.82) is 0 Å². The van der Waals surface area contributed by atoms with E-state index in [-0.39, 0.29) is 5.92 Å². The molecule has 0 amide bonds. The first kappa shape index (κ1) is 11.1. The van der Waals surface area contributed by atoms with Gasteiger partial charge in [-0.2, -0.15) is 4.37 Å². The molecule has 16 heavy (non-hydrogen) atoms. The van der Waals surface area contributed by atoms with Gasteiger partial charge in [-0.25, -0.2) is 0 Å². The summed E-state index contributed by atoms with van der Waals surface area (Å²) in [4.78, 5) is 11.3. The fraction of sp³-hybridized carbons (Fsp3) is 0.333. The average molecular weight is 235 g/mol. The Bertz CT molecular complexity index is 518. The molecule has 3 nitrogen and oxygen atoms in total. The molecule has 2 rings (SSSR count). The van der Waals surface area contributed by atoms with Crippen LogP contribution in [-0.4, -0.2) is 15.4 Å². The first-order valence-electron chi connectivity index (χ1n) is 5.17. The van der Waals surface area contributed by atoms with Gasteiger partial charge >= 0.3 is 5.97 Å². The molecule has 1 unspecified atom stereocenters. The number of benzene rings is 1. The zero-order valence-corrected chi connectivity index (χ0v) is 9.99. The summed E-state index contributed by atoms with van der Waals surface area (Å²) in [7, 11) is 0. The van der Waals surface area contributed by atoms with Gasteiger partial charge in [-0.1, -0.05) is 26.0 Å². The number of rotatable bonds is 3. The third kappa shape index (κ3) is 1.80. The molecule has 0 saturated heterocycles. The van der Waals surface area contributed by atoms with Crippen LogP contribution in [0.3, 0.4) is 0 Å². The SMILES string of the molecule is CC(C)C(C(=O)O)c1cccc2sncc12. The van der Waals surface area contributed by atoms with Gasteiger partial charge < -0.3 is 5.11 Å². The van der Waals surface area contributed by atoms with E-state index >= 15 is 0 Å². The molecule has 1 N–H and O–H groups in total. The van der Waals surface area contributed by atoms with Gasteiger partial charge in [0.25, 0.3) is 0 Å². The Morgan fingerprint density at radius 2 is 2.19 bits per heavy atom. The van der Waals surface area contributed by atoms with Crippen molar-refractivity contribution >= 4 is 27.6 Å². The van der Waals surface area contributed by atoms with Crippen LogP contribution in [0.15, 0.2) is 24.4 Å². The highest BCUT2D eigenvalue weighted by molar-refractivity contribution is 7.13. The van der Waals surface area contributed by atoms with Crippen molar-refractivity contribution in [3.05, 3.63) is 30.0 Å². The molecule has 0 spiro atoms. The number of carbonyl (C=O) groups is 1. The fourth-order valence-corrected chi connectivity index (χ4v) is 2.64. The number of carboxylic acid groups (broad SMARTS) is 1. The minimum absolute atomic E-state index is 0.0722. The van der Waals surface area contributed by atoms with Gasteiger partial charge in [0.2, 0.25) is 0 Å². The summed E-state index contributed by atoms with van der Waals surface area (Å²) in [5.74, 6) is -1.16. The molecular formula is C12H13NO2S. The predicted octanol–water partition coefficient (Wildman–Crippen LogP) is 3.12. The summed E-state index contributed by atoms with van der Waals surface area (Å²) in [5, 5.41) is 10.2. The number of hydrogen-bond acceptors (Lipinski definition) is 3. The summed E-state index contributed by atoms with van der Waals surface area (Å²) in [6.07, 6.45) is 1.76. The minimum atomic E-state index is -0.770. The first-order valence-corrected chi connectivity index (χ1v) is 5.94. The van der Waals surface area contributed by atoms with Crippen LogP contribution in [0.25, 0.3) is 10.1 Å². The normalized spacial score (nSPS) is 13.2. The summed E-state index contributed by atoms with van der Waals surface area (Å²) >= 11 is 1.40. The molecular weight excluding hydrogens is 222 g/mol. The third-order valence-corrected chi connectivity index (χ3v) is 3.46. The predicted molar refractivity (Wildman–Crippen MR) is 64.8 cm³/mol. The summed E-state index contributed by atoms with van der Waals surface area (Å²) in [6.45, 7) is 3.86. The highest BCUT2D eigenvalue weighted by Crippen LogP contribution is 2.32. The Hall–Kier alpha value is -1.42. The topological polar surface area (TPSA) is 50.2 Å². The molecule has 1 aromatic heterocycles. The molecule has 2 aromatic rings. The molecule has 0 aliphatic rings. The van der Waals surface area contributed by atoms with E-state index in [0.717, 1.165) is 15.6 Å². The number of nitrogens with zero attached hydrogens (tertiary/aromatic N) is 1. The van der Waals surface area contributed by atoms with Gasteiger partial charge in [0.1, 0.15) is 0 Å². The van der Waals surface area contributed by atoms with Gasteiger partial charge in [-0.05, 0) is 29.1 Å². The van der Waals surface area contributed by atoms with E-state index in [2.05, 4.69) is 4.37 Å². The molecule has 0 aliphatic heterocycles. The van der Waals surface area contributed by atoms with Crippen molar-refractivity contribution in [2.24, 2.45) is 5.92 Å². The molecule has 84 valence electrons. The van der Waals surface area contributed by atoms with E-state index in [1.807, 2.05) is 32.0 Å². The van der Waals surface area contributed by atoms with Crippen LogP contribution in [0, 0.1) is 5.92 Å². The monoisotopic (exact) mass is 235 g/mol. The molecule has 0 radical (unpaired) electrons. The lowest BCUT2D eigenvalue weighted by molar-refractivity contribution is -0.139. The van der Waals surface area contributed by atoms with E-state index in [9.17, 15) is 9.90 Å². The Kier molecular flexibility index (Phi) is 2.92. The third-order valence-electron chi connectivity index (χ3n) is 2.70. The molecule has 0 fully saturated rings. The molecule has 0 aliphatic carbocycles. The van der Waals surface area contributed by atoms with E-state index in [0.29, 0.717) is 0 Å². The average Bonchev–Trinajstić information content (AvgIpc) is 2.65. The highest BCUT2D eigenvalue weighted by atomic mass is 32.1. The lowest BCUT2D eigenvalue weighted by atomic mass is 9.87. The molecule has 1 heterocycles. The van der Waals surface area contributed by atoms with Gasteiger partial charge in [0.15, 0.2) is 0 Å². The summed E-state index contributed by atoms with van der Waals surface area (Å²) < 4.78 is 5.16. The van der Waals surface area contributed by atoms with Crippen molar-refractivity contribution < 1.29 is 9.90 Å². The standard InChI is InChI=1S/C12H13NO2S/c1-7(2)11(12(14)15)8-4-3-5-10-9(8)6-13-16-10/h3-7,11H,1-2H3,(H,14,15). The number of aromatic nitrogens is 1. The van der Waals surface area contributed by atoms with Crippen LogP contribution >= 0.6 is 11.5 Å². The lowest BCUT2D eigenvalue weighted by Crippen LogP contribution is -2.17. The Balaban J connectivity index is 2.60.